The van der Waals surface area contributed by atoms with Crippen LogP contribution in [-0.2, 0) is 19.4 Å². The molecule has 0 aliphatic heterocycles. The maximum atomic E-state index is 5.88. The molecule has 0 saturated carbocycles. The summed E-state index contributed by atoms with van der Waals surface area (Å²) in [5, 5.41) is 4.59. The normalized spacial score (nSPS) is 9.65. The lowest BCUT2D eigenvalue weighted by Crippen LogP contribution is -2.17. The Morgan fingerprint density at radius 3 is 2.44 bits per heavy atom. The van der Waals surface area contributed by atoms with Gasteiger partial charge in [-0.1, -0.05) is 12.1 Å². The van der Waals surface area contributed by atoms with Gasteiger partial charge in [0, 0.05) is 42.4 Å². The van der Waals surface area contributed by atoms with Crippen LogP contribution in [0.1, 0.15) is 23.2 Å². The number of rotatable bonds is 10. The van der Waals surface area contributed by atoms with E-state index in [1.807, 2.05) is 42.7 Å². The van der Waals surface area contributed by atoms with Gasteiger partial charge in [-0.05, 0) is 79.4 Å². The quantitative estimate of drug-likeness (QED) is 0.246. The van der Waals surface area contributed by atoms with Gasteiger partial charge in [0.2, 0.25) is 0 Å². The Morgan fingerprint density at radius 1 is 0.765 bits per heavy atom. The van der Waals surface area contributed by atoms with E-state index < -0.39 is 0 Å². The summed E-state index contributed by atoms with van der Waals surface area (Å²) in [6.07, 6.45) is 10.3. The standard InChI is InChI=1S/C25H26N4O.4ClH/c1-4-20(18-26-11-1)6-7-23-16-21(10-14-28-23)19-27-12-3-15-30-24-8-9-25-22(17-24)5-2-13-29-25;;;;/h1-2,4-5,8-11,13-14,16-18,27H,3,6-7,12,15,19H2;4*1H. The molecule has 0 saturated heterocycles. The van der Waals surface area contributed by atoms with Crippen LogP contribution in [-0.4, -0.2) is 28.1 Å². The minimum atomic E-state index is 0. The van der Waals surface area contributed by atoms with E-state index in [9.17, 15) is 0 Å². The number of fused-ring (bicyclic) bond motifs is 1. The molecule has 5 nitrogen and oxygen atoms in total. The van der Waals surface area contributed by atoms with Gasteiger partial charge >= 0.3 is 0 Å². The van der Waals surface area contributed by atoms with Crippen molar-refractivity contribution in [1.82, 2.24) is 20.3 Å². The zero-order chi connectivity index (χ0) is 20.4. The van der Waals surface area contributed by atoms with Crippen molar-refractivity contribution in [2.75, 3.05) is 13.2 Å². The van der Waals surface area contributed by atoms with Crippen molar-refractivity contribution >= 4 is 60.5 Å². The van der Waals surface area contributed by atoms with E-state index in [4.69, 9.17) is 4.74 Å². The number of ether oxygens (including phenoxy) is 1. The van der Waals surface area contributed by atoms with E-state index in [-0.39, 0.29) is 49.6 Å². The molecule has 34 heavy (non-hydrogen) atoms. The van der Waals surface area contributed by atoms with Crippen molar-refractivity contribution in [3.05, 3.63) is 96.2 Å². The predicted octanol–water partition coefficient (Wildman–Crippen LogP) is 6.06. The summed E-state index contributed by atoms with van der Waals surface area (Å²) in [6, 6.07) is 18.4. The smallest absolute Gasteiger partial charge is 0.120 e. The zero-order valence-electron chi connectivity index (χ0n) is 18.6. The number of nitrogens with one attached hydrogen (secondary N) is 1. The molecule has 3 heterocycles. The van der Waals surface area contributed by atoms with Crippen molar-refractivity contribution in [3.8, 4) is 5.75 Å². The van der Waals surface area contributed by atoms with Crippen LogP contribution in [0.5, 0.6) is 5.75 Å². The predicted molar refractivity (Wildman–Crippen MR) is 148 cm³/mol. The lowest BCUT2D eigenvalue weighted by atomic mass is 10.1. The molecule has 0 atom stereocenters. The third kappa shape index (κ3) is 10.00. The summed E-state index contributed by atoms with van der Waals surface area (Å²) >= 11 is 0. The van der Waals surface area contributed by atoms with Gasteiger partial charge in [-0.3, -0.25) is 15.0 Å². The fraction of sp³-hybridized carbons (Fsp3) is 0.240. The van der Waals surface area contributed by atoms with Crippen LogP contribution in [0.25, 0.3) is 10.9 Å². The second-order valence-electron chi connectivity index (χ2n) is 7.25. The van der Waals surface area contributed by atoms with Crippen molar-refractivity contribution in [2.24, 2.45) is 0 Å². The fourth-order valence-electron chi connectivity index (χ4n) is 3.36. The van der Waals surface area contributed by atoms with Crippen LogP contribution in [0, 0.1) is 0 Å². The Kier molecular flexibility index (Phi) is 16.2. The molecule has 0 aliphatic rings. The van der Waals surface area contributed by atoms with Crippen LogP contribution < -0.4 is 10.1 Å². The third-order valence-corrected chi connectivity index (χ3v) is 4.94. The first-order valence-corrected chi connectivity index (χ1v) is 10.4. The number of hydrogen-bond acceptors (Lipinski definition) is 5. The highest BCUT2D eigenvalue weighted by Gasteiger charge is 2.01. The van der Waals surface area contributed by atoms with Gasteiger partial charge in [0.25, 0.3) is 0 Å². The first-order valence-electron chi connectivity index (χ1n) is 10.4. The van der Waals surface area contributed by atoms with E-state index in [1.165, 1.54) is 11.1 Å². The van der Waals surface area contributed by atoms with Gasteiger partial charge in [-0.15, -0.1) is 49.6 Å². The Morgan fingerprint density at radius 2 is 1.62 bits per heavy atom. The van der Waals surface area contributed by atoms with E-state index in [0.29, 0.717) is 6.61 Å². The maximum absolute atomic E-state index is 5.88. The molecule has 9 heteroatoms. The Hall–Kier alpha value is -2.15. The summed E-state index contributed by atoms with van der Waals surface area (Å²) in [7, 11) is 0. The number of benzene rings is 1. The Bertz CT molecular complexity index is 1090. The van der Waals surface area contributed by atoms with Crippen molar-refractivity contribution < 1.29 is 4.74 Å². The second-order valence-corrected chi connectivity index (χ2v) is 7.25. The van der Waals surface area contributed by atoms with Crippen LogP contribution in [0.2, 0.25) is 0 Å². The van der Waals surface area contributed by atoms with E-state index in [0.717, 1.165) is 54.7 Å². The number of nitrogens with zero attached hydrogens (tertiary/aromatic N) is 3. The molecule has 0 radical (unpaired) electrons. The monoisotopic (exact) mass is 542 g/mol. The lowest BCUT2D eigenvalue weighted by Gasteiger charge is -2.09. The lowest BCUT2D eigenvalue weighted by molar-refractivity contribution is 0.308. The van der Waals surface area contributed by atoms with Gasteiger partial charge in [0.05, 0.1) is 12.1 Å². The molecule has 4 rings (SSSR count). The van der Waals surface area contributed by atoms with Crippen LogP contribution in [0.15, 0.2) is 79.4 Å². The van der Waals surface area contributed by atoms with E-state index in [1.54, 1.807) is 12.4 Å². The van der Waals surface area contributed by atoms with Crippen LogP contribution >= 0.6 is 49.6 Å². The number of pyridine rings is 3. The average Bonchev–Trinajstić information content (AvgIpc) is 2.81. The zero-order valence-corrected chi connectivity index (χ0v) is 21.9. The molecule has 4 aromatic rings. The molecule has 0 fully saturated rings. The molecule has 1 aromatic carbocycles. The number of aryl methyl sites for hydroxylation is 2. The Labute approximate surface area is 225 Å². The van der Waals surface area contributed by atoms with Crippen LogP contribution in [0.3, 0.4) is 0 Å². The van der Waals surface area contributed by atoms with Crippen molar-refractivity contribution in [3.63, 3.8) is 0 Å². The summed E-state index contributed by atoms with van der Waals surface area (Å²) in [5.74, 6) is 0.892. The SMILES string of the molecule is Cl.Cl.Cl.Cl.c1cncc(CCc2cc(CNCCCOc3ccc4ncccc4c3)ccn2)c1. The van der Waals surface area contributed by atoms with Gasteiger partial charge in [0.1, 0.15) is 5.75 Å². The van der Waals surface area contributed by atoms with Crippen LogP contribution in [0.4, 0.5) is 0 Å². The summed E-state index contributed by atoms with van der Waals surface area (Å²) < 4.78 is 5.88. The molecule has 184 valence electrons. The van der Waals surface area contributed by atoms with E-state index >= 15 is 0 Å². The minimum Gasteiger partial charge on any atom is -0.494 e. The Balaban J connectivity index is 0.00000272. The van der Waals surface area contributed by atoms with Gasteiger partial charge in [-0.25, -0.2) is 0 Å². The molecule has 3 aromatic heterocycles. The highest BCUT2D eigenvalue weighted by atomic mass is 35.5. The van der Waals surface area contributed by atoms with Crippen molar-refractivity contribution in [2.45, 2.75) is 25.8 Å². The number of halogens is 4. The number of hydrogen-bond donors (Lipinski definition) is 1. The second kappa shape index (κ2) is 17.3. The topological polar surface area (TPSA) is 59.9 Å². The molecular weight excluding hydrogens is 514 g/mol. The molecule has 0 amide bonds. The summed E-state index contributed by atoms with van der Waals surface area (Å²) in [6.45, 7) is 2.43. The summed E-state index contributed by atoms with van der Waals surface area (Å²) in [5.41, 5.74) is 4.61. The average molecular weight is 544 g/mol. The molecule has 0 bridgehead atoms. The third-order valence-electron chi connectivity index (χ3n) is 4.94. The van der Waals surface area contributed by atoms with Gasteiger partial charge < -0.3 is 10.1 Å². The maximum Gasteiger partial charge on any atom is 0.120 e. The first kappa shape index (κ1) is 31.9. The molecule has 0 unspecified atom stereocenters. The van der Waals surface area contributed by atoms with Crippen molar-refractivity contribution in [1.29, 1.82) is 0 Å². The fourth-order valence-corrected chi connectivity index (χ4v) is 3.36. The van der Waals surface area contributed by atoms with Gasteiger partial charge in [-0.2, -0.15) is 0 Å². The molecular formula is C25H30Cl4N4O. The highest BCUT2D eigenvalue weighted by molar-refractivity contribution is 5.86. The van der Waals surface area contributed by atoms with E-state index in [2.05, 4.69) is 44.5 Å². The summed E-state index contributed by atoms with van der Waals surface area (Å²) in [4.78, 5) is 13.0. The molecule has 0 spiro atoms. The molecule has 1 N–H and O–H groups in total. The largest absolute Gasteiger partial charge is 0.494 e. The minimum absolute atomic E-state index is 0. The first-order chi connectivity index (χ1) is 14.9. The molecule has 0 aliphatic carbocycles. The highest BCUT2D eigenvalue weighted by Crippen LogP contribution is 2.18. The number of aromatic nitrogens is 3. The van der Waals surface area contributed by atoms with Gasteiger partial charge in [0.15, 0.2) is 0 Å².